The molecule has 3 aliphatic rings. The molecule has 1 aliphatic heterocycles. The van der Waals surface area contributed by atoms with Crippen molar-refractivity contribution in [2.24, 2.45) is 0 Å². The van der Waals surface area contributed by atoms with Crippen LogP contribution in [-0.2, 0) is 16.8 Å². The second kappa shape index (κ2) is 9.40. The Labute approximate surface area is 239 Å². The highest BCUT2D eigenvalue weighted by Gasteiger charge is 2.59. The summed E-state index contributed by atoms with van der Waals surface area (Å²) < 4.78 is 44.4. The lowest BCUT2D eigenvalue weighted by molar-refractivity contribution is -0.158. The summed E-state index contributed by atoms with van der Waals surface area (Å²) >= 11 is 0. The van der Waals surface area contributed by atoms with Crippen LogP contribution in [0.3, 0.4) is 0 Å². The first-order valence-corrected chi connectivity index (χ1v) is 13.7. The number of aromatic nitrogens is 1. The number of ether oxygens (including phenoxy) is 2. The molecule has 0 bridgehead atoms. The zero-order chi connectivity index (χ0) is 29.2. The maximum Gasteiger partial charge on any atom is 0.394 e. The molecule has 2 fully saturated rings. The fraction of sp³-hybridized carbons (Fsp3) is 0.281. The van der Waals surface area contributed by atoms with E-state index >= 15 is 0 Å². The molecule has 1 amide bonds. The first-order chi connectivity index (χ1) is 20.1. The van der Waals surface area contributed by atoms with Gasteiger partial charge in [0, 0.05) is 24.1 Å². The monoisotopic (exact) mass is 572 g/mol. The number of carbonyl (C=O) groups excluding carboxylic acids is 1. The van der Waals surface area contributed by atoms with Crippen LogP contribution in [0.5, 0.6) is 11.5 Å². The lowest BCUT2D eigenvalue weighted by atomic mass is 9.98. The van der Waals surface area contributed by atoms with E-state index in [0.717, 1.165) is 24.1 Å². The molecule has 1 N–H and O–H groups in total. The minimum atomic E-state index is -3.37. The van der Waals surface area contributed by atoms with Gasteiger partial charge in [0.1, 0.15) is 29.6 Å². The third-order valence-corrected chi connectivity index (χ3v) is 8.04. The summed E-state index contributed by atoms with van der Waals surface area (Å²) in [7, 11) is 0. The highest BCUT2D eigenvalue weighted by molar-refractivity contribution is 6.14. The fourth-order valence-corrected chi connectivity index (χ4v) is 5.68. The molecule has 1 spiro atoms. The van der Waals surface area contributed by atoms with Crippen LogP contribution in [0.2, 0.25) is 0 Å². The molecule has 4 aromatic rings. The number of carbonyl (C=O) groups is 2. The van der Waals surface area contributed by atoms with Crippen molar-refractivity contribution in [2.45, 2.75) is 56.7 Å². The largest absolute Gasteiger partial charge is 0.489 e. The third kappa shape index (κ3) is 4.47. The molecule has 7 rings (SSSR count). The molecular weight excluding hydrogens is 546 g/mol. The number of nitrogens with zero attached hydrogens (tertiary/aromatic N) is 2. The van der Waals surface area contributed by atoms with Gasteiger partial charge >= 0.3 is 12.1 Å². The Hall–Kier alpha value is -4.73. The van der Waals surface area contributed by atoms with Gasteiger partial charge in [-0.3, -0.25) is 9.69 Å². The standard InChI is InChI=1S/C32H26F2N2O6/c1-31(33,34)41-26-5-3-2-4-22(26)27-23(28(42-35-27)18-6-7-18)17-40-21-12-13-25-24(16-21)32(14-15-32)30(39)36(25)20-10-8-19(9-11-20)29(37)38/h2-5,8-13,16,18H,6-7,14-15,17H2,1H3,(H,37,38). The smallest absolute Gasteiger partial charge is 0.394 e. The maximum atomic E-state index is 13.8. The number of hydrogen-bond donors (Lipinski definition) is 1. The highest BCUT2D eigenvalue weighted by Crippen LogP contribution is 2.59. The molecular formula is C32H26F2N2O6. The number of para-hydroxylation sites is 1. The van der Waals surface area contributed by atoms with Crippen LogP contribution < -0.4 is 14.4 Å². The number of carboxylic acids is 1. The van der Waals surface area contributed by atoms with Crippen LogP contribution in [-0.4, -0.2) is 28.2 Å². The molecule has 0 atom stereocenters. The molecule has 1 aromatic heterocycles. The van der Waals surface area contributed by atoms with Gasteiger partial charge in [-0.15, -0.1) is 0 Å². The predicted molar refractivity (Wildman–Crippen MR) is 147 cm³/mol. The van der Waals surface area contributed by atoms with Crippen LogP contribution in [0.4, 0.5) is 20.2 Å². The van der Waals surface area contributed by atoms with E-state index < -0.39 is 17.5 Å². The third-order valence-electron chi connectivity index (χ3n) is 8.04. The van der Waals surface area contributed by atoms with E-state index in [4.69, 9.17) is 14.0 Å². The van der Waals surface area contributed by atoms with Crippen LogP contribution in [0.15, 0.2) is 71.3 Å². The van der Waals surface area contributed by atoms with Crippen molar-refractivity contribution in [1.82, 2.24) is 5.16 Å². The van der Waals surface area contributed by atoms with Gasteiger partial charge < -0.3 is 19.1 Å². The number of halogens is 2. The molecule has 3 aromatic carbocycles. The number of amides is 1. The maximum absolute atomic E-state index is 13.8. The molecule has 0 radical (unpaired) electrons. The SMILES string of the molecule is CC(F)(F)Oc1ccccc1-c1noc(C2CC2)c1COc1ccc2c(c1)C1(CC1)C(=O)N2c1ccc(C(=O)O)cc1. The summed E-state index contributed by atoms with van der Waals surface area (Å²) in [5.74, 6) is 0.335. The molecule has 42 heavy (non-hydrogen) atoms. The van der Waals surface area contributed by atoms with E-state index in [1.54, 1.807) is 41.3 Å². The molecule has 0 saturated heterocycles. The lowest BCUT2D eigenvalue weighted by Gasteiger charge is -2.18. The Bertz CT molecular complexity index is 1720. The average Bonchev–Trinajstić information content (AvgIpc) is 3.89. The van der Waals surface area contributed by atoms with E-state index in [2.05, 4.69) is 5.16 Å². The fourth-order valence-electron chi connectivity index (χ4n) is 5.68. The Kier molecular flexibility index (Phi) is 5.86. The minimum absolute atomic E-state index is 0.00917. The van der Waals surface area contributed by atoms with Gasteiger partial charge in [0.2, 0.25) is 5.91 Å². The Morgan fingerprint density at radius 2 is 1.86 bits per heavy atom. The van der Waals surface area contributed by atoms with E-state index in [1.807, 2.05) is 12.1 Å². The normalized spacial score (nSPS) is 16.9. The van der Waals surface area contributed by atoms with Crippen molar-refractivity contribution in [2.75, 3.05) is 4.90 Å². The quantitative estimate of drug-likeness (QED) is 0.226. The molecule has 8 nitrogen and oxygen atoms in total. The predicted octanol–water partition coefficient (Wildman–Crippen LogP) is 7.20. The summed E-state index contributed by atoms with van der Waals surface area (Å²) in [5, 5.41) is 13.5. The molecule has 0 unspecified atom stereocenters. The summed E-state index contributed by atoms with van der Waals surface area (Å²) in [6, 6.07) is 18.2. The van der Waals surface area contributed by atoms with Gasteiger partial charge in [-0.25, -0.2) is 4.79 Å². The van der Waals surface area contributed by atoms with Gasteiger partial charge in [0.15, 0.2) is 0 Å². The number of rotatable bonds is 9. The molecule has 214 valence electrons. The summed E-state index contributed by atoms with van der Waals surface area (Å²) in [6.45, 7) is 0.769. The first-order valence-electron chi connectivity index (χ1n) is 13.7. The topological polar surface area (TPSA) is 102 Å². The van der Waals surface area contributed by atoms with E-state index in [9.17, 15) is 23.5 Å². The molecule has 10 heteroatoms. The van der Waals surface area contributed by atoms with Crippen molar-refractivity contribution in [1.29, 1.82) is 0 Å². The number of carboxylic acid groups (broad SMARTS) is 1. The average molecular weight is 573 g/mol. The zero-order valence-corrected chi connectivity index (χ0v) is 22.6. The second-order valence-corrected chi connectivity index (χ2v) is 11.1. The van der Waals surface area contributed by atoms with Gasteiger partial charge in [-0.05, 0) is 85.8 Å². The van der Waals surface area contributed by atoms with Crippen molar-refractivity contribution in [3.8, 4) is 22.8 Å². The van der Waals surface area contributed by atoms with Crippen molar-refractivity contribution in [3.05, 3.63) is 89.2 Å². The lowest BCUT2D eigenvalue weighted by Crippen LogP contribution is -2.27. The van der Waals surface area contributed by atoms with Crippen LogP contribution in [0, 0.1) is 0 Å². The van der Waals surface area contributed by atoms with Gasteiger partial charge in [0.25, 0.3) is 0 Å². The zero-order valence-electron chi connectivity index (χ0n) is 22.6. The van der Waals surface area contributed by atoms with E-state index in [1.165, 1.54) is 18.2 Å². The Balaban J connectivity index is 1.19. The number of benzene rings is 3. The van der Waals surface area contributed by atoms with Crippen molar-refractivity contribution >= 4 is 23.3 Å². The van der Waals surface area contributed by atoms with E-state index in [-0.39, 0.29) is 29.7 Å². The summed E-state index contributed by atoms with van der Waals surface area (Å²) in [6.07, 6.45) is -0.0549. The van der Waals surface area contributed by atoms with Gasteiger partial charge in [-0.2, -0.15) is 8.78 Å². The molecule has 2 heterocycles. The molecule has 2 saturated carbocycles. The van der Waals surface area contributed by atoms with E-state index in [0.29, 0.717) is 53.8 Å². The first kappa shape index (κ1) is 26.2. The number of anilines is 2. The van der Waals surface area contributed by atoms with Crippen molar-refractivity contribution < 1.29 is 37.5 Å². The molecule has 2 aliphatic carbocycles. The van der Waals surface area contributed by atoms with Gasteiger partial charge in [0.05, 0.1) is 22.2 Å². The minimum Gasteiger partial charge on any atom is -0.489 e. The summed E-state index contributed by atoms with van der Waals surface area (Å²) in [5.41, 5.74) is 3.18. The number of hydrogen-bond acceptors (Lipinski definition) is 6. The Morgan fingerprint density at radius 3 is 2.52 bits per heavy atom. The van der Waals surface area contributed by atoms with Crippen LogP contribution in [0.25, 0.3) is 11.3 Å². The van der Waals surface area contributed by atoms with Crippen LogP contribution >= 0.6 is 0 Å². The summed E-state index contributed by atoms with van der Waals surface area (Å²) in [4.78, 5) is 26.5. The number of fused-ring (bicyclic) bond motifs is 2. The van der Waals surface area contributed by atoms with Gasteiger partial charge in [-0.1, -0.05) is 17.3 Å². The number of alkyl halides is 2. The Morgan fingerprint density at radius 1 is 1.12 bits per heavy atom. The second-order valence-electron chi connectivity index (χ2n) is 11.1. The van der Waals surface area contributed by atoms with Crippen molar-refractivity contribution in [3.63, 3.8) is 0 Å². The van der Waals surface area contributed by atoms with Crippen LogP contribution in [0.1, 0.15) is 65.8 Å². The number of aromatic carboxylic acids is 1. The highest BCUT2D eigenvalue weighted by atomic mass is 19.3.